The first kappa shape index (κ1) is 31.0. The van der Waals surface area contributed by atoms with Crippen molar-refractivity contribution < 1.29 is 0 Å². The van der Waals surface area contributed by atoms with E-state index in [1.807, 2.05) is 6.07 Å². The van der Waals surface area contributed by atoms with Gasteiger partial charge in [-0.3, -0.25) is 0 Å². The molecule has 0 amide bonds. The van der Waals surface area contributed by atoms with Gasteiger partial charge in [-0.05, 0) is 69.1 Å². The van der Waals surface area contributed by atoms with Crippen LogP contribution in [0.4, 0.5) is 0 Å². The van der Waals surface area contributed by atoms with Gasteiger partial charge >= 0.3 is 0 Å². The molecule has 0 aliphatic carbocycles. The van der Waals surface area contributed by atoms with Gasteiger partial charge in [-0.2, -0.15) is 0 Å². The van der Waals surface area contributed by atoms with Gasteiger partial charge in [-0.25, -0.2) is 19.9 Å². The highest BCUT2D eigenvalue weighted by molar-refractivity contribution is 7.26. The number of aromatic nitrogens is 4. The number of fused-ring (bicyclic) bond motifs is 6. The van der Waals surface area contributed by atoms with Crippen LogP contribution >= 0.6 is 22.7 Å². The van der Waals surface area contributed by atoms with E-state index in [1.165, 1.54) is 36.3 Å². The van der Waals surface area contributed by atoms with Gasteiger partial charge in [0.15, 0.2) is 17.5 Å². The molecule has 0 spiro atoms. The number of thiazole rings is 1. The van der Waals surface area contributed by atoms with Crippen molar-refractivity contribution in [1.82, 2.24) is 19.9 Å². The molecule has 0 N–H and O–H groups in total. The summed E-state index contributed by atoms with van der Waals surface area (Å²) in [4.78, 5) is 20.6. The fourth-order valence-corrected chi connectivity index (χ4v) is 9.60. The summed E-state index contributed by atoms with van der Waals surface area (Å²) in [5, 5.41) is 8.24. The van der Waals surface area contributed by atoms with E-state index in [9.17, 15) is 0 Å². The second-order valence-corrected chi connectivity index (χ2v) is 15.6. The first-order valence-electron chi connectivity index (χ1n) is 17.9. The van der Waals surface area contributed by atoms with Crippen LogP contribution in [0, 0.1) is 0 Å². The maximum Gasteiger partial charge on any atom is 0.165 e. The summed E-state index contributed by atoms with van der Waals surface area (Å²) in [5.74, 6) is 1.95. The van der Waals surface area contributed by atoms with Crippen molar-refractivity contribution in [2.24, 2.45) is 0 Å². The van der Waals surface area contributed by atoms with Crippen LogP contribution < -0.4 is 0 Å². The molecular weight excluding hydrogens is 697 g/mol. The monoisotopic (exact) mass is 724 g/mol. The Balaban J connectivity index is 1.07. The Morgan fingerprint density at radius 3 is 1.72 bits per heavy atom. The lowest BCUT2D eigenvalue weighted by molar-refractivity contribution is 1.08. The second-order valence-electron chi connectivity index (χ2n) is 13.5. The van der Waals surface area contributed by atoms with E-state index in [2.05, 4.69) is 164 Å². The lowest BCUT2D eigenvalue weighted by Gasteiger charge is -2.11. The van der Waals surface area contributed by atoms with E-state index in [4.69, 9.17) is 19.9 Å². The molecule has 0 aliphatic rings. The van der Waals surface area contributed by atoms with E-state index in [-0.39, 0.29) is 0 Å². The van der Waals surface area contributed by atoms with E-state index in [0.717, 1.165) is 54.0 Å². The van der Waals surface area contributed by atoms with Crippen molar-refractivity contribution in [1.29, 1.82) is 0 Å². The van der Waals surface area contributed by atoms with E-state index in [1.54, 1.807) is 22.7 Å². The fourth-order valence-electron chi connectivity index (χ4n) is 7.39. The Kier molecular flexibility index (Phi) is 7.18. The summed E-state index contributed by atoms with van der Waals surface area (Å²) in [7, 11) is 0. The fraction of sp³-hybridized carbons (Fsp3) is 0. The van der Waals surface area contributed by atoms with Crippen molar-refractivity contribution >= 4 is 74.6 Å². The third kappa shape index (κ3) is 5.35. The Bertz CT molecular complexity index is 3240. The molecule has 0 bridgehead atoms. The predicted octanol–water partition coefficient (Wildman–Crippen LogP) is 13.5. The maximum atomic E-state index is 5.20. The largest absolute Gasteiger partial charge is 0.236 e. The number of nitrogens with zero attached hydrogens (tertiary/aromatic N) is 4. The van der Waals surface area contributed by atoms with Gasteiger partial charge in [0.1, 0.15) is 5.01 Å². The number of hydrogen-bond acceptors (Lipinski definition) is 6. The zero-order valence-electron chi connectivity index (χ0n) is 28.8. The Morgan fingerprint density at radius 2 is 0.944 bits per heavy atom. The van der Waals surface area contributed by atoms with Crippen molar-refractivity contribution in [3.05, 3.63) is 170 Å². The summed E-state index contributed by atoms with van der Waals surface area (Å²) in [6.45, 7) is 0. The van der Waals surface area contributed by atoms with Crippen LogP contribution in [0.5, 0.6) is 0 Å². The molecule has 0 fully saturated rings. The Morgan fingerprint density at radius 1 is 0.333 bits per heavy atom. The lowest BCUT2D eigenvalue weighted by atomic mass is 10.0. The van der Waals surface area contributed by atoms with Gasteiger partial charge in [-0.1, -0.05) is 133 Å². The summed E-state index contributed by atoms with van der Waals surface area (Å²) >= 11 is 3.52. The minimum Gasteiger partial charge on any atom is -0.236 e. The van der Waals surface area contributed by atoms with Crippen LogP contribution in [0.15, 0.2) is 170 Å². The molecule has 0 saturated carbocycles. The zero-order chi connectivity index (χ0) is 35.6. The third-order valence-corrected chi connectivity index (χ3v) is 12.4. The standard InChI is InChI=1S/C48H28N4S2/c1-2-10-29(11-3-1)34-16-8-17-35(24-34)45-50-46(36-22-20-30-12-4-6-14-32(30)25-36)52-47(51-45)39-19-9-18-38-40-27-43-41(28-42(40)53-44(38)39)49-48(54-43)37-23-21-31-13-5-7-15-33(31)26-37/h1-28H. The highest BCUT2D eigenvalue weighted by Crippen LogP contribution is 2.43. The SMILES string of the molecule is c1ccc(-c2cccc(-c3nc(-c4ccc5ccccc5c4)nc(-c4cccc5c4sc4cc6nc(-c7ccc8ccccc8c7)sc6cc45)n3)c2)cc1. The van der Waals surface area contributed by atoms with Crippen LogP contribution in [-0.4, -0.2) is 19.9 Å². The van der Waals surface area contributed by atoms with Gasteiger partial charge in [-0.15, -0.1) is 22.7 Å². The number of rotatable bonds is 5. The molecule has 252 valence electrons. The first-order chi connectivity index (χ1) is 26.7. The topological polar surface area (TPSA) is 51.6 Å². The first-order valence-corrected chi connectivity index (χ1v) is 19.5. The van der Waals surface area contributed by atoms with Crippen molar-refractivity contribution in [2.45, 2.75) is 0 Å². The van der Waals surface area contributed by atoms with Crippen molar-refractivity contribution in [3.63, 3.8) is 0 Å². The summed E-state index contributed by atoms with van der Waals surface area (Å²) in [6, 6.07) is 59.8. The second kappa shape index (κ2) is 12.5. The maximum absolute atomic E-state index is 5.20. The van der Waals surface area contributed by atoms with Gasteiger partial charge in [0.25, 0.3) is 0 Å². The lowest BCUT2D eigenvalue weighted by Crippen LogP contribution is -2.00. The van der Waals surface area contributed by atoms with Crippen LogP contribution in [0.3, 0.4) is 0 Å². The molecule has 6 heteroatoms. The molecular formula is C48H28N4S2. The Hall–Kier alpha value is -6.60. The number of benzene rings is 8. The number of thiophene rings is 1. The van der Waals surface area contributed by atoms with E-state index >= 15 is 0 Å². The summed E-state index contributed by atoms with van der Waals surface area (Å²) in [5.41, 5.74) is 7.32. The average Bonchev–Trinajstić information content (AvgIpc) is 3.83. The van der Waals surface area contributed by atoms with Gasteiger partial charge in [0, 0.05) is 42.4 Å². The minimum absolute atomic E-state index is 0.644. The van der Waals surface area contributed by atoms with Crippen LogP contribution in [-0.2, 0) is 0 Å². The predicted molar refractivity (Wildman–Crippen MR) is 228 cm³/mol. The highest BCUT2D eigenvalue weighted by Gasteiger charge is 2.18. The van der Waals surface area contributed by atoms with Crippen molar-refractivity contribution in [2.75, 3.05) is 0 Å². The molecule has 0 saturated heterocycles. The number of hydrogen-bond donors (Lipinski definition) is 0. The highest BCUT2D eigenvalue weighted by atomic mass is 32.1. The molecule has 4 nitrogen and oxygen atoms in total. The molecule has 3 heterocycles. The average molecular weight is 725 g/mol. The molecule has 54 heavy (non-hydrogen) atoms. The molecule has 0 atom stereocenters. The van der Waals surface area contributed by atoms with Crippen LogP contribution in [0.25, 0.3) is 108 Å². The van der Waals surface area contributed by atoms with E-state index < -0.39 is 0 Å². The van der Waals surface area contributed by atoms with Crippen LogP contribution in [0.2, 0.25) is 0 Å². The van der Waals surface area contributed by atoms with Crippen molar-refractivity contribution in [3.8, 4) is 55.9 Å². The molecule has 0 radical (unpaired) electrons. The Labute approximate surface area is 318 Å². The molecule has 0 unspecified atom stereocenters. The third-order valence-electron chi connectivity index (χ3n) is 10.1. The normalized spacial score (nSPS) is 11.7. The minimum atomic E-state index is 0.644. The molecule has 0 aliphatic heterocycles. The summed E-state index contributed by atoms with van der Waals surface area (Å²) in [6.07, 6.45) is 0. The van der Waals surface area contributed by atoms with Gasteiger partial charge < -0.3 is 0 Å². The summed E-state index contributed by atoms with van der Waals surface area (Å²) < 4.78 is 3.52. The molecule has 11 rings (SSSR count). The molecule has 8 aromatic carbocycles. The molecule has 11 aromatic rings. The smallest absolute Gasteiger partial charge is 0.165 e. The van der Waals surface area contributed by atoms with Gasteiger partial charge in [0.05, 0.1) is 10.2 Å². The quantitative estimate of drug-likeness (QED) is 0.177. The van der Waals surface area contributed by atoms with Gasteiger partial charge in [0.2, 0.25) is 0 Å². The van der Waals surface area contributed by atoms with E-state index in [0.29, 0.717) is 17.5 Å². The molecule has 3 aromatic heterocycles. The van der Waals surface area contributed by atoms with Crippen LogP contribution in [0.1, 0.15) is 0 Å². The zero-order valence-corrected chi connectivity index (χ0v) is 30.4.